The fourth-order valence-electron chi connectivity index (χ4n) is 1.45. The molecule has 1 aromatic heterocycles. The van der Waals surface area contributed by atoms with E-state index in [0.717, 1.165) is 13.1 Å². The van der Waals surface area contributed by atoms with Gasteiger partial charge in [0.05, 0.1) is 0 Å². The topological polar surface area (TPSA) is 61.8 Å². The number of oxime groups is 1. The van der Waals surface area contributed by atoms with Crippen LogP contribution in [0.4, 0.5) is 0 Å². The summed E-state index contributed by atoms with van der Waals surface area (Å²) in [6, 6.07) is 2.58. The van der Waals surface area contributed by atoms with Gasteiger partial charge in [0, 0.05) is 25.6 Å². The number of hydrogen-bond acceptors (Lipinski definition) is 4. The van der Waals surface area contributed by atoms with Crippen LogP contribution < -0.4 is 5.73 Å². The van der Waals surface area contributed by atoms with Crippen molar-refractivity contribution in [3.8, 4) is 0 Å². The average Bonchev–Trinajstić information content (AvgIpc) is 2.75. The zero-order valence-corrected chi connectivity index (χ0v) is 10.6. The first-order valence-corrected chi connectivity index (χ1v) is 6.29. The molecule has 0 unspecified atom stereocenters. The number of hydrogen-bond donors (Lipinski definition) is 2. The highest BCUT2D eigenvalue weighted by molar-refractivity contribution is 7.07. The summed E-state index contributed by atoms with van der Waals surface area (Å²) < 4.78 is 0. The number of nitrogens with two attached hydrogens (primary N) is 1. The fourth-order valence-corrected chi connectivity index (χ4v) is 2.10. The molecular weight excluding hydrogens is 222 g/mol. The fraction of sp³-hybridized carbons (Fsp3) is 0.545. The molecule has 1 aromatic rings. The summed E-state index contributed by atoms with van der Waals surface area (Å²) in [5.74, 6) is 0.288. The number of rotatable bonds is 6. The van der Waals surface area contributed by atoms with Gasteiger partial charge in [-0.1, -0.05) is 5.16 Å². The molecule has 0 aromatic carbocycles. The molecule has 0 radical (unpaired) electrons. The maximum Gasteiger partial charge on any atom is 0.140 e. The third-order valence-corrected chi connectivity index (χ3v) is 3.21. The molecular formula is C11H19N3OS. The first-order chi connectivity index (χ1) is 7.63. The van der Waals surface area contributed by atoms with E-state index in [2.05, 4.69) is 40.7 Å². The second-order valence-electron chi connectivity index (χ2n) is 4.04. The lowest BCUT2D eigenvalue weighted by molar-refractivity contribution is 0.218. The van der Waals surface area contributed by atoms with Gasteiger partial charge in [-0.3, -0.25) is 4.90 Å². The Morgan fingerprint density at radius 2 is 2.38 bits per heavy atom. The van der Waals surface area contributed by atoms with Crippen molar-refractivity contribution in [1.82, 2.24) is 4.90 Å². The van der Waals surface area contributed by atoms with Gasteiger partial charge in [-0.15, -0.1) is 0 Å². The van der Waals surface area contributed by atoms with Crippen LogP contribution in [0, 0.1) is 0 Å². The predicted octanol–water partition coefficient (Wildman–Crippen LogP) is 2.09. The summed E-state index contributed by atoms with van der Waals surface area (Å²) in [5.41, 5.74) is 6.79. The van der Waals surface area contributed by atoms with Crippen molar-refractivity contribution in [2.45, 2.75) is 32.9 Å². The van der Waals surface area contributed by atoms with Crippen molar-refractivity contribution in [3.05, 3.63) is 22.4 Å². The van der Waals surface area contributed by atoms with Gasteiger partial charge < -0.3 is 10.9 Å². The van der Waals surface area contributed by atoms with Gasteiger partial charge in [-0.2, -0.15) is 11.3 Å². The molecule has 0 bridgehead atoms. The minimum atomic E-state index is 0.288. The van der Waals surface area contributed by atoms with Crippen molar-refractivity contribution in [1.29, 1.82) is 0 Å². The molecule has 1 heterocycles. The van der Waals surface area contributed by atoms with E-state index in [1.165, 1.54) is 5.56 Å². The lowest BCUT2D eigenvalue weighted by Gasteiger charge is -2.25. The van der Waals surface area contributed by atoms with E-state index in [0.29, 0.717) is 12.5 Å². The van der Waals surface area contributed by atoms with Crippen molar-refractivity contribution < 1.29 is 5.21 Å². The van der Waals surface area contributed by atoms with E-state index in [4.69, 9.17) is 10.9 Å². The molecule has 0 aliphatic carbocycles. The monoisotopic (exact) mass is 241 g/mol. The standard InChI is InChI=1S/C11H19N3OS/c1-9(2)14(5-3-11(12)13-15)7-10-4-6-16-8-10/h4,6,8-9,15H,3,5,7H2,1-2H3,(H2,12,13). The van der Waals surface area contributed by atoms with Gasteiger partial charge in [0.15, 0.2) is 0 Å². The van der Waals surface area contributed by atoms with Crippen molar-refractivity contribution in [2.75, 3.05) is 6.54 Å². The Morgan fingerprint density at radius 1 is 1.62 bits per heavy atom. The van der Waals surface area contributed by atoms with Crippen LogP contribution in [0.1, 0.15) is 25.8 Å². The molecule has 0 fully saturated rings. The Labute approximate surface area is 100 Å². The molecule has 0 aliphatic rings. The second-order valence-corrected chi connectivity index (χ2v) is 4.82. The predicted molar refractivity (Wildman–Crippen MR) is 67.9 cm³/mol. The number of thiophene rings is 1. The highest BCUT2D eigenvalue weighted by atomic mass is 32.1. The molecule has 4 nitrogen and oxygen atoms in total. The first kappa shape index (κ1) is 13.0. The van der Waals surface area contributed by atoms with Crippen molar-refractivity contribution in [2.24, 2.45) is 10.9 Å². The van der Waals surface area contributed by atoms with Crippen LogP contribution >= 0.6 is 11.3 Å². The Bertz CT molecular complexity index is 322. The van der Waals surface area contributed by atoms with Crippen molar-refractivity contribution >= 4 is 17.2 Å². The summed E-state index contributed by atoms with van der Waals surface area (Å²) in [6.45, 7) is 6.03. The van der Waals surface area contributed by atoms with E-state index in [1.54, 1.807) is 11.3 Å². The molecule has 0 spiro atoms. The van der Waals surface area contributed by atoms with Gasteiger partial charge in [0.2, 0.25) is 0 Å². The second kappa shape index (κ2) is 6.50. The van der Waals surface area contributed by atoms with Crippen LogP contribution in [0.2, 0.25) is 0 Å². The minimum Gasteiger partial charge on any atom is -0.409 e. The molecule has 5 heteroatoms. The summed E-state index contributed by atoms with van der Waals surface area (Å²) in [7, 11) is 0. The van der Waals surface area contributed by atoms with E-state index in [-0.39, 0.29) is 5.84 Å². The van der Waals surface area contributed by atoms with Gasteiger partial charge in [-0.25, -0.2) is 0 Å². The number of amidine groups is 1. The molecule has 3 N–H and O–H groups in total. The molecule has 0 saturated carbocycles. The van der Waals surface area contributed by atoms with E-state index in [1.807, 2.05) is 0 Å². The van der Waals surface area contributed by atoms with Gasteiger partial charge >= 0.3 is 0 Å². The normalized spacial score (nSPS) is 12.6. The maximum atomic E-state index is 8.49. The first-order valence-electron chi connectivity index (χ1n) is 5.35. The molecule has 1 rings (SSSR count). The highest BCUT2D eigenvalue weighted by Gasteiger charge is 2.10. The molecule has 0 amide bonds. The largest absolute Gasteiger partial charge is 0.409 e. The van der Waals surface area contributed by atoms with E-state index in [9.17, 15) is 0 Å². The Hall–Kier alpha value is -1.07. The Kier molecular flexibility index (Phi) is 5.28. The van der Waals surface area contributed by atoms with E-state index < -0.39 is 0 Å². The smallest absolute Gasteiger partial charge is 0.140 e. The molecule has 0 aliphatic heterocycles. The van der Waals surface area contributed by atoms with Crippen LogP contribution in [-0.2, 0) is 6.54 Å². The summed E-state index contributed by atoms with van der Waals surface area (Å²) >= 11 is 1.71. The van der Waals surface area contributed by atoms with Crippen molar-refractivity contribution in [3.63, 3.8) is 0 Å². The van der Waals surface area contributed by atoms with Gasteiger partial charge in [0.25, 0.3) is 0 Å². The lowest BCUT2D eigenvalue weighted by Crippen LogP contribution is -2.33. The zero-order chi connectivity index (χ0) is 12.0. The van der Waals surface area contributed by atoms with Crippen LogP contribution in [0.3, 0.4) is 0 Å². The van der Waals surface area contributed by atoms with Gasteiger partial charge in [0.1, 0.15) is 5.84 Å². The molecule has 0 atom stereocenters. The number of nitrogens with zero attached hydrogens (tertiary/aromatic N) is 2. The van der Waals surface area contributed by atoms with Crippen LogP contribution in [0.15, 0.2) is 22.0 Å². The molecule has 0 saturated heterocycles. The minimum absolute atomic E-state index is 0.288. The van der Waals surface area contributed by atoms with E-state index >= 15 is 0 Å². The Balaban J connectivity index is 2.48. The lowest BCUT2D eigenvalue weighted by atomic mass is 10.2. The summed E-state index contributed by atoms with van der Waals surface area (Å²) in [5, 5.41) is 15.7. The SMILES string of the molecule is CC(C)N(CCC(N)=NO)Cc1ccsc1. The summed E-state index contributed by atoms with van der Waals surface area (Å²) in [4.78, 5) is 2.31. The quantitative estimate of drug-likeness (QED) is 0.347. The average molecular weight is 241 g/mol. The zero-order valence-electron chi connectivity index (χ0n) is 9.76. The third kappa shape index (κ3) is 4.20. The van der Waals surface area contributed by atoms with Crippen LogP contribution in [0.5, 0.6) is 0 Å². The highest BCUT2D eigenvalue weighted by Crippen LogP contribution is 2.12. The summed E-state index contributed by atoms with van der Waals surface area (Å²) in [6.07, 6.45) is 0.596. The third-order valence-electron chi connectivity index (χ3n) is 2.48. The maximum absolute atomic E-state index is 8.49. The van der Waals surface area contributed by atoms with Crippen LogP contribution in [0.25, 0.3) is 0 Å². The van der Waals surface area contributed by atoms with Gasteiger partial charge in [-0.05, 0) is 36.2 Å². The van der Waals surface area contributed by atoms with Crippen LogP contribution in [-0.4, -0.2) is 28.5 Å². The Morgan fingerprint density at radius 3 is 2.88 bits per heavy atom. The molecule has 16 heavy (non-hydrogen) atoms. The molecule has 90 valence electrons.